The van der Waals surface area contributed by atoms with Crippen LogP contribution in [0.25, 0.3) is 0 Å². The summed E-state index contributed by atoms with van der Waals surface area (Å²) in [4.78, 5) is 12.7. The minimum Gasteiger partial charge on any atom is -0.379 e. The molecule has 2 N–H and O–H groups in total. The summed E-state index contributed by atoms with van der Waals surface area (Å²) in [6.07, 6.45) is 0. The van der Waals surface area contributed by atoms with E-state index in [9.17, 15) is 21.6 Å². The van der Waals surface area contributed by atoms with Gasteiger partial charge in [0, 0.05) is 23.5 Å². The Kier molecular flexibility index (Phi) is 9.23. The molecule has 42 heavy (non-hydrogen) atoms. The fourth-order valence-electron chi connectivity index (χ4n) is 3.93. The first-order chi connectivity index (χ1) is 19.8. The van der Waals surface area contributed by atoms with Crippen LogP contribution < -0.4 is 19.0 Å². The van der Waals surface area contributed by atoms with Gasteiger partial charge < -0.3 is 19.0 Å². The topological polar surface area (TPSA) is 128 Å². The highest BCUT2D eigenvalue weighted by molar-refractivity contribution is 7.87. The monoisotopic (exact) mass is 608 g/mol. The Balaban J connectivity index is 1.39. The molecule has 0 saturated heterocycles. The highest BCUT2D eigenvalue weighted by atomic mass is 32.2. The molecular weight excluding hydrogens is 576 g/mol. The van der Waals surface area contributed by atoms with Gasteiger partial charge in [-0.1, -0.05) is 64.1 Å². The van der Waals surface area contributed by atoms with E-state index < -0.39 is 26.3 Å². The van der Waals surface area contributed by atoms with E-state index in [1.54, 1.807) is 36.4 Å². The zero-order valence-corrected chi connectivity index (χ0v) is 25.2. The molecule has 4 aromatic carbocycles. The average molecular weight is 609 g/mol. The number of benzene rings is 4. The lowest BCUT2D eigenvalue weighted by Crippen LogP contribution is -2.19. The Morgan fingerprint density at radius 2 is 0.929 bits per heavy atom. The second kappa shape index (κ2) is 12.7. The van der Waals surface area contributed by atoms with Gasteiger partial charge in [-0.25, -0.2) is 4.79 Å². The van der Waals surface area contributed by atoms with Crippen molar-refractivity contribution >= 4 is 37.6 Å². The van der Waals surface area contributed by atoms with Gasteiger partial charge in [-0.3, -0.25) is 0 Å². The molecule has 0 aliphatic carbocycles. The van der Waals surface area contributed by atoms with Crippen molar-refractivity contribution in [1.29, 1.82) is 0 Å². The molecule has 0 heterocycles. The van der Waals surface area contributed by atoms with Crippen molar-refractivity contribution in [2.45, 2.75) is 49.3 Å². The predicted molar refractivity (Wildman–Crippen MR) is 162 cm³/mol. The lowest BCUT2D eigenvalue weighted by atomic mass is 10.0. The number of rotatable bonds is 10. The molecule has 9 nitrogen and oxygen atoms in total. The third-order valence-corrected chi connectivity index (χ3v) is 8.79. The summed E-state index contributed by atoms with van der Waals surface area (Å²) >= 11 is 0. The zero-order chi connectivity index (χ0) is 30.5. The fraction of sp³-hybridized carbons (Fsp3) is 0.194. The molecule has 0 fully saturated rings. The minimum absolute atomic E-state index is 0.0136. The minimum atomic E-state index is -4.09. The van der Waals surface area contributed by atoms with Gasteiger partial charge in [-0.05, 0) is 71.5 Å². The molecule has 0 saturated carbocycles. The molecule has 0 bridgehead atoms. The van der Waals surface area contributed by atoms with Crippen LogP contribution in [0.4, 0.5) is 16.2 Å². The summed E-state index contributed by atoms with van der Waals surface area (Å²) in [6.45, 7) is 8.05. The lowest BCUT2D eigenvalue weighted by molar-refractivity contribution is 0.262. The van der Waals surface area contributed by atoms with Gasteiger partial charge in [-0.15, -0.1) is 0 Å². The second-order valence-corrected chi connectivity index (χ2v) is 13.2. The third-order valence-electron chi connectivity index (χ3n) is 6.27. The van der Waals surface area contributed by atoms with E-state index >= 15 is 0 Å². The third kappa shape index (κ3) is 7.89. The van der Waals surface area contributed by atoms with E-state index in [0.29, 0.717) is 0 Å². The van der Waals surface area contributed by atoms with Crippen LogP contribution in [0.15, 0.2) is 107 Å². The van der Waals surface area contributed by atoms with Crippen LogP contribution in [0.1, 0.15) is 50.7 Å². The van der Waals surface area contributed by atoms with Crippen LogP contribution in [0, 0.1) is 0 Å². The summed E-state index contributed by atoms with van der Waals surface area (Å²) in [5.74, 6) is 0.546. The molecule has 0 spiro atoms. The molecule has 2 amide bonds. The summed E-state index contributed by atoms with van der Waals surface area (Å²) < 4.78 is 61.5. The van der Waals surface area contributed by atoms with Crippen molar-refractivity contribution in [2.75, 3.05) is 10.6 Å². The largest absolute Gasteiger partial charge is 0.379 e. The van der Waals surface area contributed by atoms with Crippen LogP contribution in [0.5, 0.6) is 11.5 Å². The highest BCUT2D eigenvalue weighted by Crippen LogP contribution is 2.26. The maximum Gasteiger partial charge on any atom is 0.339 e. The van der Waals surface area contributed by atoms with Gasteiger partial charge in [0.15, 0.2) is 0 Å². The van der Waals surface area contributed by atoms with Gasteiger partial charge in [0.05, 0.1) is 0 Å². The summed E-state index contributed by atoms with van der Waals surface area (Å²) in [5.41, 5.74) is 2.55. The Bertz CT molecular complexity index is 1640. The molecule has 4 aromatic rings. The SMILES string of the molecule is CC(C)c1ccc(S(=O)(=O)Oc2cccc(NC(=O)Nc3cccc(OS(=O)(=O)c4ccc(C(C)C)cc4)c3)c2)cc1. The summed E-state index contributed by atoms with van der Waals surface area (Å²) in [5, 5.41) is 5.20. The molecule has 0 unspecified atom stereocenters. The Hall–Kier alpha value is -4.35. The van der Waals surface area contributed by atoms with Crippen molar-refractivity contribution in [3.05, 3.63) is 108 Å². The first-order valence-electron chi connectivity index (χ1n) is 13.2. The normalized spacial score (nSPS) is 11.8. The van der Waals surface area contributed by atoms with Crippen molar-refractivity contribution in [3.8, 4) is 11.5 Å². The van der Waals surface area contributed by atoms with E-state index in [1.807, 2.05) is 27.7 Å². The Morgan fingerprint density at radius 1 is 0.571 bits per heavy atom. The maximum absolute atomic E-state index is 12.7. The number of amides is 2. The number of carbonyl (C=O) groups is 1. The number of carbonyl (C=O) groups excluding carboxylic acids is 1. The number of hydrogen-bond donors (Lipinski definition) is 2. The molecule has 11 heteroatoms. The van der Waals surface area contributed by atoms with Crippen LogP contribution in [0.2, 0.25) is 0 Å². The highest BCUT2D eigenvalue weighted by Gasteiger charge is 2.19. The Labute approximate surface area is 246 Å². The number of hydrogen-bond acceptors (Lipinski definition) is 7. The molecule has 220 valence electrons. The molecule has 0 radical (unpaired) electrons. The van der Waals surface area contributed by atoms with Crippen LogP contribution in [-0.2, 0) is 20.2 Å². The molecule has 0 atom stereocenters. The van der Waals surface area contributed by atoms with Gasteiger partial charge in [0.25, 0.3) is 0 Å². The van der Waals surface area contributed by atoms with Crippen LogP contribution in [-0.4, -0.2) is 22.9 Å². The first kappa shape index (κ1) is 30.6. The van der Waals surface area contributed by atoms with Crippen molar-refractivity contribution in [2.24, 2.45) is 0 Å². The van der Waals surface area contributed by atoms with Crippen molar-refractivity contribution in [3.63, 3.8) is 0 Å². The number of nitrogens with one attached hydrogen (secondary N) is 2. The van der Waals surface area contributed by atoms with Gasteiger partial charge >= 0.3 is 26.3 Å². The maximum atomic E-state index is 12.7. The summed E-state index contributed by atoms with van der Waals surface area (Å²) in [6, 6.07) is 24.1. The fourth-order valence-corrected chi connectivity index (χ4v) is 5.78. The van der Waals surface area contributed by atoms with E-state index in [-0.39, 0.29) is 44.5 Å². The Morgan fingerprint density at radius 3 is 1.26 bits per heavy atom. The van der Waals surface area contributed by atoms with E-state index in [0.717, 1.165) is 11.1 Å². The molecule has 0 aliphatic heterocycles. The zero-order valence-electron chi connectivity index (χ0n) is 23.6. The smallest absolute Gasteiger partial charge is 0.339 e. The molecule has 4 rings (SSSR count). The van der Waals surface area contributed by atoms with Crippen molar-refractivity contribution in [1.82, 2.24) is 0 Å². The van der Waals surface area contributed by atoms with E-state index in [2.05, 4.69) is 10.6 Å². The standard InChI is InChI=1S/C31H32N2O7S2/c1-21(2)23-11-15-29(16-12-23)41(35,36)39-27-9-5-7-25(19-27)32-31(34)33-26-8-6-10-28(20-26)40-42(37,38)30-17-13-24(14-18-30)22(3)4/h5-22H,1-4H3,(H2,32,33,34). The molecule has 0 aromatic heterocycles. The first-order valence-corrected chi connectivity index (χ1v) is 16.0. The second-order valence-electron chi connectivity index (χ2n) is 10.2. The van der Waals surface area contributed by atoms with Gasteiger partial charge in [0.1, 0.15) is 21.3 Å². The van der Waals surface area contributed by atoms with Crippen molar-refractivity contribution < 1.29 is 30.0 Å². The summed E-state index contributed by atoms with van der Waals surface area (Å²) in [7, 11) is -8.17. The quantitative estimate of drug-likeness (QED) is 0.184. The van der Waals surface area contributed by atoms with Crippen LogP contribution >= 0.6 is 0 Å². The number of anilines is 2. The molecular formula is C31H32N2O7S2. The van der Waals surface area contributed by atoms with E-state index in [4.69, 9.17) is 8.37 Å². The number of urea groups is 1. The predicted octanol–water partition coefficient (Wildman–Crippen LogP) is 7.11. The average Bonchev–Trinajstić information content (AvgIpc) is 2.93. The van der Waals surface area contributed by atoms with E-state index in [1.165, 1.54) is 60.7 Å². The molecule has 0 aliphatic rings. The van der Waals surface area contributed by atoms with Crippen LogP contribution in [0.3, 0.4) is 0 Å². The lowest BCUT2D eigenvalue weighted by Gasteiger charge is -2.12. The van der Waals surface area contributed by atoms with Gasteiger partial charge in [-0.2, -0.15) is 16.8 Å². The van der Waals surface area contributed by atoms with Gasteiger partial charge in [0.2, 0.25) is 0 Å².